The molecule has 0 spiro atoms. The minimum absolute atomic E-state index is 0.0587. The van der Waals surface area contributed by atoms with Gasteiger partial charge in [-0.15, -0.1) is 0 Å². The number of carboxylic acids is 1. The van der Waals surface area contributed by atoms with Crippen LogP contribution in [0.1, 0.15) is 19.3 Å². The molecule has 0 aliphatic carbocycles. The van der Waals surface area contributed by atoms with Crippen molar-refractivity contribution in [2.24, 2.45) is 0 Å². The molecule has 1 aliphatic heterocycles. The van der Waals surface area contributed by atoms with Crippen LogP contribution in [0.3, 0.4) is 0 Å². The van der Waals surface area contributed by atoms with Gasteiger partial charge >= 0.3 is 5.97 Å². The minimum atomic E-state index is -0.921. The first-order chi connectivity index (χ1) is 11.1. The van der Waals surface area contributed by atoms with Crippen LogP contribution in [0.5, 0.6) is 5.75 Å². The summed E-state index contributed by atoms with van der Waals surface area (Å²) in [5.41, 5.74) is 0. The molecule has 7 heteroatoms. The van der Waals surface area contributed by atoms with Gasteiger partial charge in [-0.2, -0.15) is 0 Å². The van der Waals surface area contributed by atoms with Gasteiger partial charge in [0.25, 0.3) is 5.91 Å². The Labute approximate surface area is 134 Å². The summed E-state index contributed by atoms with van der Waals surface area (Å²) in [4.78, 5) is 36.1. The van der Waals surface area contributed by atoms with Crippen LogP contribution in [0.25, 0.3) is 0 Å². The third-order valence-electron chi connectivity index (χ3n) is 3.66. The summed E-state index contributed by atoms with van der Waals surface area (Å²) in [6.07, 6.45) is 1.41. The first-order valence-electron chi connectivity index (χ1n) is 7.52. The minimum Gasteiger partial charge on any atom is -0.484 e. The predicted molar refractivity (Wildman–Crippen MR) is 81.9 cm³/mol. The topological polar surface area (TPSA) is 95.9 Å². The summed E-state index contributed by atoms with van der Waals surface area (Å²) in [6, 6.07) is 8.63. The number of carbonyl (C=O) groups excluding carboxylic acids is 2. The van der Waals surface area contributed by atoms with Gasteiger partial charge in [0, 0.05) is 12.6 Å². The lowest BCUT2D eigenvalue weighted by molar-refractivity contribution is -0.140. The summed E-state index contributed by atoms with van der Waals surface area (Å²) in [7, 11) is 0. The van der Waals surface area contributed by atoms with Crippen LogP contribution in [0.4, 0.5) is 0 Å². The molecular weight excluding hydrogens is 300 g/mol. The van der Waals surface area contributed by atoms with E-state index in [0.29, 0.717) is 18.7 Å². The zero-order valence-corrected chi connectivity index (χ0v) is 12.7. The maximum atomic E-state index is 12.1. The molecule has 1 saturated heterocycles. The van der Waals surface area contributed by atoms with Gasteiger partial charge in [-0.25, -0.2) is 0 Å². The van der Waals surface area contributed by atoms with E-state index in [1.54, 1.807) is 24.3 Å². The van der Waals surface area contributed by atoms with E-state index in [1.807, 2.05) is 6.07 Å². The van der Waals surface area contributed by atoms with Crippen LogP contribution < -0.4 is 10.1 Å². The maximum Gasteiger partial charge on any atom is 0.305 e. The molecule has 1 atom stereocenters. The van der Waals surface area contributed by atoms with Gasteiger partial charge in [-0.1, -0.05) is 18.2 Å². The number of carboxylic acid groups (broad SMARTS) is 1. The lowest BCUT2D eigenvalue weighted by atomic mass is 10.1. The fraction of sp³-hybridized carbons (Fsp3) is 0.438. The highest BCUT2D eigenvalue weighted by molar-refractivity contribution is 5.86. The standard InChI is InChI=1S/C16H20N2O5/c19-14(11-23-13-6-2-1-3-7-13)17-10-15(20)18-8-4-5-12(18)9-16(21)22/h1-3,6-7,12H,4-5,8-11H2,(H,17,19)(H,21,22). The SMILES string of the molecule is O=C(O)CC1CCCN1C(=O)CNC(=O)COc1ccccc1. The number of carbonyl (C=O) groups is 3. The molecular formula is C16H20N2O5. The summed E-state index contributed by atoms with van der Waals surface area (Å²) in [6.45, 7) is 0.218. The Hall–Kier alpha value is -2.57. The van der Waals surface area contributed by atoms with Crippen LogP contribution in [-0.4, -0.2) is 53.5 Å². The normalized spacial score (nSPS) is 16.9. The van der Waals surface area contributed by atoms with Crippen LogP contribution in [0, 0.1) is 0 Å². The second-order valence-electron chi connectivity index (χ2n) is 5.36. The molecule has 1 aliphatic rings. The van der Waals surface area contributed by atoms with Gasteiger partial charge in [0.1, 0.15) is 5.75 Å². The molecule has 1 fully saturated rings. The Morgan fingerprint density at radius 3 is 2.70 bits per heavy atom. The summed E-state index contributed by atoms with van der Waals surface area (Å²) >= 11 is 0. The van der Waals surface area contributed by atoms with Crippen LogP contribution in [-0.2, 0) is 14.4 Å². The number of aliphatic carboxylic acids is 1. The van der Waals surface area contributed by atoms with E-state index >= 15 is 0 Å². The fourth-order valence-corrected chi connectivity index (χ4v) is 2.57. The largest absolute Gasteiger partial charge is 0.484 e. The molecule has 2 N–H and O–H groups in total. The van der Waals surface area contributed by atoms with Gasteiger partial charge in [0.2, 0.25) is 5.91 Å². The van der Waals surface area contributed by atoms with E-state index in [9.17, 15) is 14.4 Å². The highest BCUT2D eigenvalue weighted by atomic mass is 16.5. The third-order valence-corrected chi connectivity index (χ3v) is 3.66. The molecule has 0 bridgehead atoms. The lowest BCUT2D eigenvalue weighted by Gasteiger charge is -2.23. The average molecular weight is 320 g/mol. The first-order valence-corrected chi connectivity index (χ1v) is 7.52. The van der Waals surface area contributed by atoms with E-state index in [-0.39, 0.29) is 31.5 Å². The number of amides is 2. The predicted octanol–water partition coefficient (Wildman–Crippen LogP) is 0.647. The number of likely N-dealkylation sites (tertiary alicyclic amines) is 1. The molecule has 1 aromatic rings. The molecule has 124 valence electrons. The number of benzene rings is 1. The number of hydrogen-bond donors (Lipinski definition) is 2. The Morgan fingerprint density at radius 2 is 2.00 bits per heavy atom. The van der Waals surface area contributed by atoms with Gasteiger partial charge in [0.05, 0.1) is 13.0 Å². The number of hydrogen-bond acceptors (Lipinski definition) is 4. The van der Waals surface area contributed by atoms with Gasteiger partial charge in [-0.3, -0.25) is 14.4 Å². The van der Waals surface area contributed by atoms with E-state index < -0.39 is 11.9 Å². The molecule has 1 aromatic carbocycles. The summed E-state index contributed by atoms with van der Waals surface area (Å²) in [5, 5.41) is 11.3. The Balaban J connectivity index is 1.73. The highest BCUT2D eigenvalue weighted by Crippen LogP contribution is 2.19. The number of nitrogens with zero attached hydrogens (tertiary/aromatic N) is 1. The molecule has 7 nitrogen and oxygen atoms in total. The average Bonchev–Trinajstić information content (AvgIpc) is 2.99. The molecule has 2 amide bonds. The molecule has 1 unspecified atom stereocenters. The molecule has 0 saturated carbocycles. The second kappa shape index (κ2) is 8.17. The highest BCUT2D eigenvalue weighted by Gasteiger charge is 2.30. The lowest BCUT2D eigenvalue weighted by Crippen LogP contribution is -2.44. The van der Waals surface area contributed by atoms with E-state index in [1.165, 1.54) is 4.90 Å². The van der Waals surface area contributed by atoms with Crippen molar-refractivity contribution in [3.05, 3.63) is 30.3 Å². The molecule has 0 radical (unpaired) electrons. The summed E-state index contributed by atoms with van der Waals surface area (Å²) in [5.74, 6) is -0.997. The van der Waals surface area contributed by atoms with Crippen molar-refractivity contribution in [3.63, 3.8) is 0 Å². The quantitative estimate of drug-likeness (QED) is 0.769. The third kappa shape index (κ3) is 5.28. The smallest absolute Gasteiger partial charge is 0.305 e. The van der Waals surface area contributed by atoms with Crippen molar-refractivity contribution >= 4 is 17.8 Å². The van der Waals surface area contributed by atoms with E-state index in [0.717, 1.165) is 6.42 Å². The first kappa shape index (κ1) is 16.8. The number of ether oxygens (including phenoxy) is 1. The number of rotatable bonds is 7. The zero-order chi connectivity index (χ0) is 16.7. The van der Waals surface area contributed by atoms with Crippen molar-refractivity contribution in [3.8, 4) is 5.75 Å². The van der Waals surface area contributed by atoms with Crippen molar-refractivity contribution in [2.75, 3.05) is 19.7 Å². The second-order valence-corrected chi connectivity index (χ2v) is 5.36. The maximum absolute atomic E-state index is 12.1. The zero-order valence-electron chi connectivity index (χ0n) is 12.7. The molecule has 2 rings (SSSR count). The monoisotopic (exact) mass is 320 g/mol. The Morgan fingerprint density at radius 1 is 1.26 bits per heavy atom. The number of nitrogens with one attached hydrogen (secondary N) is 1. The van der Waals surface area contributed by atoms with Crippen LogP contribution in [0.15, 0.2) is 30.3 Å². The molecule has 1 heterocycles. The van der Waals surface area contributed by atoms with Crippen LogP contribution >= 0.6 is 0 Å². The van der Waals surface area contributed by atoms with Gasteiger partial charge in [-0.05, 0) is 25.0 Å². The van der Waals surface area contributed by atoms with E-state index in [2.05, 4.69) is 5.32 Å². The van der Waals surface area contributed by atoms with Crippen molar-refractivity contribution in [1.82, 2.24) is 10.2 Å². The van der Waals surface area contributed by atoms with E-state index in [4.69, 9.17) is 9.84 Å². The molecule has 23 heavy (non-hydrogen) atoms. The van der Waals surface area contributed by atoms with Crippen molar-refractivity contribution < 1.29 is 24.2 Å². The fourth-order valence-electron chi connectivity index (χ4n) is 2.57. The van der Waals surface area contributed by atoms with Gasteiger partial charge in [0.15, 0.2) is 6.61 Å². The number of para-hydroxylation sites is 1. The summed E-state index contributed by atoms with van der Waals surface area (Å²) < 4.78 is 5.28. The Kier molecular flexibility index (Phi) is 5.96. The molecule has 0 aromatic heterocycles. The van der Waals surface area contributed by atoms with Crippen molar-refractivity contribution in [2.45, 2.75) is 25.3 Å². The van der Waals surface area contributed by atoms with Crippen LogP contribution in [0.2, 0.25) is 0 Å². The Bertz CT molecular complexity index is 561. The van der Waals surface area contributed by atoms with Gasteiger partial charge < -0.3 is 20.1 Å². The van der Waals surface area contributed by atoms with Crippen molar-refractivity contribution in [1.29, 1.82) is 0 Å².